The quantitative estimate of drug-likeness (QED) is 0.906. The number of hydrogen-bond donors (Lipinski definition) is 1. The molecule has 0 saturated carbocycles. The number of rotatable bonds is 5. The Bertz CT molecular complexity index is 717. The van der Waals surface area contributed by atoms with Gasteiger partial charge >= 0.3 is 5.97 Å². The Morgan fingerprint density at radius 3 is 2.74 bits per heavy atom. The summed E-state index contributed by atoms with van der Waals surface area (Å²) in [5, 5.41) is 9.81. The van der Waals surface area contributed by atoms with Crippen LogP contribution in [0.2, 0.25) is 5.02 Å². The van der Waals surface area contributed by atoms with Crippen LogP contribution in [0.25, 0.3) is 0 Å². The molecule has 1 aromatic heterocycles. The van der Waals surface area contributed by atoms with Gasteiger partial charge in [-0.15, -0.1) is 0 Å². The number of carboxylic acids is 1. The van der Waals surface area contributed by atoms with Gasteiger partial charge in [-0.05, 0) is 25.0 Å². The molecule has 1 N–H and O–H groups in total. The number of benzene rings is 1. The molecular formula is C16H16ClN3O3. The Morgan fingerprint density at radius 2 is 2.04 bits per heavy atom. The van der Waals surface area contributed by atoms with Crippen molar-refractivity contribution in [3.05, 3.63) is 46.9 Å². The van der Waals surface area contributed by atoms with Gasteiger partial charge in [0.05, 0.1) is 5.02 Å². The number of carbonyl (C=O) groups is 1. The minimum atomic E-state index is -1.02. The van der Waals surface area contributed by atoms with E-state index in [0.29, 0.717) is 22.4 Å². The molecule has 0 unspecified atom stereocenters. The van der Waals surface area contributed by atoms with Gasteiger partial charge in [0, 0.05) is 19.3 Å². The minimum absolute atomic E-state index is 0.119. The van der Waals surface area contributed by atoms with Crippen molar-refractivity contribution in [2.24, 2.45) is 0 Å². The maximum atomic E-state index is 11.4. The summed E-state index contributed by atoms with van der Waals surface area (Å²) >= 11 is 6.04. The summed E-state index contributed by atoms with van der Waals surface area (Å²) in [6.07, 6.45) is 3.41. The highest BCUT2D eigenvalue weighted by Gasteiger charge is 2.22. The highest BCUT2D eigenvalue weighted by atomic mass is 35.5. The fraction of sp³-hybridized carbons (Fsp3) is 0.312. The zero-order chi connectivity index (χ0) is 16.2. The molecule has 0 bridgehead atoms. The van der Waals surface area contributed by atoms with Gasteiger partial charge < -0.3 is 14.7 Å². The van der Waals surface area contributed by atoms with Crippen LogP contribution in [0.1, 0.15) is 29.0 Å². The van der Waals surface area contributed by atoms with E-state index in [2.05, 4.69) is 9.97 Å². The van der Waals surface area contributed by atoms with Crippen molar-refractivity contribution in [1.82, 2.24) is 9.97 Å². The predicted octanol–water partition coefficient (Wildman–Crippen LogP) is 3.01. The summed E-state index contributed by atoms with van der Waals surface area (Å²) in [7, 11) is 0. The number of carboxylic acid groups (broad SMARTS) is 1. The third-order valence-corrected chi connectivity index (χ3v) is 3.96. The summed E-state index contributed by atoms with van der Waals surface area (Å²) < 4.78 is 5.62. The first-order valence-electron chi connectivity index (χ1n) is 7.36. The molecule has 1 saturated heterocycles. The molecular weight excluding hydrogens is 318 g/mol. The normalized spacial score (nSPS) is 14.0. The van der Waals surface area contributed by atoms with Crippen LogP contribution < -0.4 is 9.64 Å². The van der Waals surface area contributed by atoms with E-state index < -0.39 is 5.97 Å². The lowest BCUT2D eigenvalue weighted by atomic mass is 10.3. The summed E-state index contributed by atoms with van der Waals surface area (Å²) in [6.45, 7) is 1.74. The van der Waals surface area contributed by atoms with Crippen LogP contribution in [0, 0.1) is 0 Å². The third kappa shape index (κ3) is 3.53. The van der Waals surface area contributed by atoms with Crippen LogP contribution >= 0.6 is 11.6 Å². The maximum Gasteiger partial charge on any atom is 0.341 e. The minimum Gasteiger partial charge on any atom is -0.484 e. The van der Waals surface area contributed by atoms with E-state index in [0.717, 1.165) is 25.9 Å². The Balaban J connectivity index is 1.81. The zero-order valence-electron chi connectivity index (χ0n) is 12.4. The van der Waals surface area contributed by atoms with Gasteiger partial charge in [-0.2, -0.15) is 0 Å². The van der Waals surface area contributed by atoms with E-state index in [1.807, 2.05) is 17.0 Å². The van der Waals surface area contributed by atoms with Gasteiger partial charge in [0.2, 0.25) is 0 Å². The molecule has 7 heteroatoms. The number of para-hydroxylation sites is 1. The third-order valence-electron chi connectivity index (χ3n) is 3.65. The molecule has 0 aliphatic carbocycles. The second-order valence-electron chi connectivity index (χ2n) is 5.24. The van der Waals surface area contributed by atoms with Gasteiger partial charge in [0.1, 0.15) is 23.7 Å². The van der Waals surface area contributed by atoms with Crippen LogP contribution in [0.4, 0.5) is 5.82 Å². The van der Waals surface area contributed by atoms with Crippen LogP contribution in [0.15, 0.2) is 30.5 Å². The average Bonchev–Trinajstić information content (AvgIpc) is 3.08. The van der Waals surface area contributed by atoms with Crippen molar-refractivity contribution in [2.75, 3.05) is 18.0 Å². The first kappa shape index (κ1) is 15.6. The second kappa shape index (κ2) is 6.83. The highest BCUT2D eigenvalue weighted by Crippen LogP contribution is 2.25. The first-order valence-corrected chi connectivity index (χ1v) is 7.74. The number of anilines is 1. The zero-order valence-corrected chi connectivity index (χ0v) is 13.2. The van der Waals surface area contributed by atoms with E-state index >= 15 is 0 Å². The molecule has 2 heterocycles. The Hall–Kier alpha value is -2.34. The molecule has 0 radical (unpaired) electrons. The average molecular weight is 334 g/mol. The lowest BCUT2D eigenvalue weighted by Crippen LogP contribution is -2.23. The summed E-state index contributed by atoms with van der Waals surface area (Å²) in [5.74, 6) is 0.410. The summed E-state index contributed by atoms with van der Waals surface area (Å²) in [4.78, 5) is 21.8. The van der Waals surface area contributed by atoms with Crippen LogP contribution in [0.3, 0.4) is 0 Å². The SMILES string of the molecule is O=C(O)c1cnc(COc2ccccc2Cl)nc1N1CCCC1. The first-order chi connectivity index (χ1) is 11.1. The standard InChI is InChI=1S/C16H16ClN3O3/c17-12-5-1-2-6-13(12)23-10-14-18-9-11(16(21)22)15(19-14)20-7-3-4-8-20/h1-2,5-6,9H,3-4,7-8,10H2,(H,21,22). The molecule has 6 nitrogen and oxygen atoms in total. The molecule has 2 aromatic rings. The predicted molar refractivity (Wildman–Crippen MR) is 86.2 cm³/mol. The molecule has 1 fully saturated rings. The van der Waals surface area contributed by atoms with Crippen molar-refractivity contribution in [1.29, 1.82) is 0 Å². The van der Waals surface area contributed by atoms with Crippen molar-refractivity contribution in [3.63, 3.8) is 0 Å². The monoisotopic (exact) mass is 333 g/mol. The van der Waals surface area contributed by atoms with Crippen LogP contribution in [-0.4, -0.2) is 34.1 Å². The molecule has 0 spiro atoms. The van der Waals surface area contributed by atoms with E-state index in [4.69, 9.17) is 16.3 Å². The highest BCUT2D eigenvalue weighted by molar-refractivity contribution is 6.32. The van der Waals surface area contributed by atoms with E-state index in [9.17, 15) is 9.90 Å². The summed E-state index contributed by atoms with van der Waals surface area (Å²) in [5.41, 5.74) is 0.119. The number of nitrogens with zero attached hydrogens (tertiary/aromatic N) is 3. The Kier molecular flexibility index (Phi) is 4.62. The molecule has 120 valence electrons. The maximum absolute atomic E-state index is 11.4. The van der Waals surface area contributed by atoms with E-state index in [1.165, 1.54) is 6.20 Å². The van der Waals surface area contributed by atoms with Gasteiger partial charge in [0.25, 0.3) is 0 Å². The van der Waals surface area contributed by atoms with Crippen molar-refractivity contribution in [2.45, 2.75) is 19.4 Å². The van der Waals surface area contributed by atoms with Crippen molar-refractivity contribution >= 4 is 23.4 Å². The molecule has 0 atom stereocenters. The van der Waals surface area contributed by atoms with Crippen LogP contribution in [-0.2, 0) is 6.61 Å². The van der Waals surface area contributed by atoms with E-state index in [1.54, 1.807) is 12.1 Å². The summed E-state index contributed by atoms with van der Waals surface area (Å²) in [6, 6.07) is 7.14. The number of aromatic nitrogens is 2. The molecule has 1 aliphatic rings. The second-order valence-corrected chi connectivity index (χ2v) is 5.65. The molecule has 0 amide bonds. The topological polar surface area (TPSA) is 75.5 Å². The number of halogens is 1. The molecule has 23 heavy (non-hydrogen) atoms. The number of aromatic carboxylic acids is 1. The number of hydrogen-bond acceptors (Lipinski definition) is 5. The largest absolute Gasteiger partial charge is 0.484 e. The van der Waals surface area contributed by atoms with Crippen molar-refractivity contribution < 1.29 is 14.6 Å². The fourth-order valence-corrected chi connectivity index (χ4v) is 2.69. The lowest BCUT2D eigenvalue weighted by molar-refractivity contribution is 0.0696. The van der Waals surface area contributed by atoms with Crippen molar-refractivity contribution in [3.8, 4) is 5.75 Å². The Labute approximate surface area is 138 Å². The Morgan fingerprint density at radius 1 is 1.30 bits per heavy atom. The lowest BCUT2D eigenvalue weighted by Gasteiger charge is -2.19. The smallest absolute Gasteiger partial charge is 0.341 e. The van der Waals surface area contributed by atoms with Crippen LogP contribution in [0.5, 0.6) is 5.75 Å². The van der Waals surface area contributed by atoms with Gasteiger partial charge in [0.15, 0.2) is 5.82 Å². The fourth-order valence-electron chi connectivity index (χ4n) is 2.50. The van der Waals surface area contributed by atoms with E-state index in [-0.39, 0.29) is 12.2 Å². The van der Waals surface area contributed by atoms with Gasteiger partial charge in [-0.25, -0.2) is 14.8 Å². The molecule has 1 aliphatic heterocycles. The molecule has 1 aromatic carbocycles. The van der Waals surface area contributed by atoms with Gasteiger partial charge in [-0.3, -0.25) is 0 Å². The molecule has 3 rings (SSSR count). The number of ether oxygens (including phenoxy) is 1. The van der Waals surface area contributed by atoms with Gasteiger partial charge in [-0.1, -0.05) is 23.7 Å².